The minimum absolute atomic E-state index is 1.18. The molecule has 0 fully saturated rings. The van der Waals surface area contributed by atoms with E-state index in [1.807, 2.05) is 26.0 Å². The Bertz CT molecular complexity index is 69.5. The fraction of sp³-hybridized carbons (Fsp3) is 1.00. The summed E-state index contributed by atoms with van der Waals surface area (Å²) in [4.78, 5) is 4.34. The zero-order valence-corrected chi connectivity index (χ0v) is 9.72. The quantitative estimate of drug-likeness (QED) is 0.642. The van der Waals surface area contributed by atoms with E-state index in [1.165, 1.54) is 25.9 Å². The lowest BCUT2D eigenvalue weighted by Crippen LogP contribution is -2.18. The highest BCUT2D eigenvalue weighted by molar-refractivity contribution is 4.44. The van der Waals surface area contributed by atoms with Crippen molar-refractivity contribution in [2.24, 2.45) is 0 Å². The average Bonchev–Trinajstić information content (AvgIpc) is 1.99. The second-order valence-corrected chi connectivity index (χ2v) is 3.59. The van der Waals surface area contributed by atoms with Gasteiger partial charge in [0.1, 0.15) is 0 Å². The molecular formula is C10H26N2. The molecule has 0 aliphatic carbocycles. The maximum Gasteiger partial charge on any atom is -0.00220 e. The maximum absolute atomic E-state index is 2.34. The molecule has 0 N–H and O–H groups in total. The summed E-state index contributed by atoms with van der Waals surface area (Å²) >= 11 is 0. The van der Waals surface area contributed by atoms with Crippen LogP contribution in [0.15, 0.2) is 0 Å². The van der Waals surface area contributed by atoms with Crippen LogP contribution in [-0.4, -0.2) is 51.1 Å². The molecule has 0 radical (unpaired) electrons. The predicted octanol–water partition coefficient (Wildman–Crippen LogP) is 1.92. The van der Waals surface area contributed by atoms with E-state index in [-0.39, 0.29) is 0 Å². The fourth-order valence-electron chi connectivity index (χ4n) is 0.586. The van der Waals surface area contributed by atoms with Gasteiger partial charge in [0.25, 0.3) is 0 Å². The Hall–Kier alpha value is -0.0800. The van der Waals surface area contributed by atoms with Crippen molar-refractivity contribution in [2.45, 2.75) is 26.7 Å². The Morgan fingerprint density at radius 1 is 0.917 bits per heavy atom. The zero-order valence-electron chi connectivity index (χ0n) is 9.72. The molecule has 0 unspecified atom stereocenters. The summed E-state index contributed by atoms with van der Waals surface area (Å²) in [6, 6.07) is 0. The maximum atomic E-state index is 2.34. The van der Waals surface area contributed by atoms with Gasteiger partial charge in [-0.2, -0.15) is 0 Å². The van der Waals surface area contributed by atoms with E-state index in [9.17, 15) is 0 Å². The SMILES string of the molecule is CCCCN(C)CC.CN(C)C. The third-order valence-electron chi connectivity index (χ3n) is 1.43. The van der Waals surface area contributed by atoms with Crippen molar-refractivity contribution in [1.82, 2.24) is 9.80 Å². The minimum Gasteiger partial charge on any atom is -0.312 e. The Morgan fingerprint density at radius 2 is 1.33 bits per heavy atom. The van der Waals surface area contributed by atoms with Crippen LogP contribution in [0.25, 0.3) is 0 Å². The van der Waals surface area contributed by atoms with Crippen molar-refractivity contribution in [3.8, 4) is 0 Å². The van der Waals surface area contributed by atoms with Crippen molar-refractivity contribution in [3.63, 3.8) is 0 Å². The van der Waals surface area contributed by atoms with Crippen LogP contribution in [0.4, 0.5) is 0 Å². The van der Waals surface area contributed by atoms with Crippen LogP contribution in [-0.2, 0) is 0 Å². The largest absolute Gasteiger partial charge is 0.312 e. The second-order valence-electron chi connectivity index (χ2n) is 3.59. The molecule has 0 aliphatic rings. The summed E-state index contributed by atoms with van der Waals surface area (Å²) < 4.78 is 0. The minimum atomic E-state index is 1.18. The average molecular weight is 174 g/mol. The Kier molecular flexibility index (Phi) is 13.1. The van der Waals surface area contributed by atoms with Crippen LogP contribution >= 0.6 is 0 Å². The zero-order chi connectivity index (χ0) is 9.98. The highest BCUT2D eigenvalue weighted by atomic mass is 15.1. The molecule has 76 valence electrons. The fourth-order valence-corrected chi connectivity index (χ4v) is 0.586. The van der Waals surface area contributed by atoms with E-state index in [2.05, 4.69) is 25.8 Å². The van der Waals surface area contributed by atoms with Gasteiger partial charge >= 0.3 is 0 Å². The smallest absolute Gasteiger partial charge is 0.00220 e. The molecule has 0 bridgehead atoms. The van der Waals surface area contributed by atoms with Crippen LogP contribution in [0.3, 0.4) is 0 Å². The topological polar surface area (TPSA) is 6.48 Å². The summed E-state index contributed by atoms with van der Waals surface area (Å²) in [5.41, 5.74) is 0. The first-order chi connectivity index (χ1) is 5.54. The monoisotopic (exact) mass is 174 g/mol. The summed E-state index contributed by atoms with van der Waals surface area (Å²) in [5, 5.41) is 0. The van der Waals surface area contributed by atoms with Gasteiger partial charge in [0, 0.05) is 0 Å². The van der Waals surface area contributed by atoms with Crippen molar-refractivity contribution in [1.29, 1.82) is 0 Å². The van der Waals surface area contributed by atoms with E-state index >= 15 is 0 Å². The number of nitrogens with zero attached hydrogens (tertiary/aromatic N) is 2. The number of rotatable bonds is 4. The summed E-state index contributed by atoms with van der Waals surface area (Å²) in [6.07, 6.45) is 2.65. The van der Waals surface area contributed by atoms with E-state index in [1.54, 1.807) is 0 Å². The van der Waals surface area contributed by atoms with E-state index in [0.717, 1.165) is 0 Å². The van der Waals surface area contributed by atoms with Gasteiger partial charge in [-0.25, -0.2) is 0 Å². The molecule has 0 aromatic rings. The molecule has 0 rings (SSSR count). The van der Waals surface area contributed by atoms with Crippen molar-refractivity contribution in [3.05, 3.63) is 0 Å². The van der Waals surface area contributed by atoms with Crippen LogP contribution < -0.4 is 0 Å². The molecule has 12 heavy (non-hydrogen) atoms. The summed E-state index contributed by atoms with van der Waals surface area (Å²) in [6.45, 7) is 6.85. The van der Waals surface area contributed by atoms with E-state index in [4.69, 9.17) is 0 Å². The van der Waals surface area contributed by atoms with Gasteiger partial charge in [-0.1, -0.05) is 20.3 Å². The lowest BCUT2D eigenvalue weighted by molar-refractivity contribution is 0.346. The van der Waals surface area contributed by atoms with Crippen molar-refractivity contribution < 1.29 is 0 Å². The molecule has 2 heteroatoms. The molecule has 0 spiro atoms. The van der Waals surface area contributed by atoms with Gasteiger partial charge < -0.3 is 9.80 Å². The van der Waals surface area contributed by atoms with Crippen LogP contribution in [0.2, 0.25) is 0 Å². The molecule has 0 aromatic carbocycles. The standard InChI is InChI=1S/C7H17N.C3H9N/c1-4-6-7-8(3)5-2;1-4(2)3/h4-7H2,1-3H3;1-3H3. The third kappa shape index (κ3) is 22.5. The molecule has 0 saturated carbocycles. The Morgan fingerprint density at radius 3 is 1.58 bits per heavy atom. The van der Waals surface area contributed by atoms with Gasteiger partial charge in [0.2, 0.25) is 0 Å². The van der Waals surface area contributed by atoms with Gasteiger partial charge in [-0.05, 0) is 47.7 Å². The highest BCUT2D eigenvalue weighted by Gasteiger charge is 1.89. The summed E-state index contributed by atoms with van der Waals surface area (Å²) in [5.74, 6) is 0. The highest BCUT2D eigenvalue weighted by Crippen LogP contribution is 1.89. The lowest BCUT2D eigenvalue weighted by Gasteiger charge is -2.11. The normalized spacial score (nSPS) is 10.0. The van der Waals surface area contributed by atoms with Crippen LogP contribution in [0, 0.1) is 0 Å². The van der Waals surface area contributed by atoms with E-state index < -0.39 is 0 Å². The van der Waals surface area contributed by atoms with Gasteiger partial charge in [-0.3, -0.25) is 0 Å². The van der Waals surface area contributed by atoms with Crippen LogP contribution in [0.1, 0.15) is 26.7 Å². The first kappa shape index (κ1) is 14.4. The third-order valence-corrected chi connectivity index (χ3v) is 1.43. The van der Waals surface area contributed by atoms with Gasteiger partial charge in [-0.15, -0.1) is 0 Å². The number of unbranched alkanes of at least 4 members (excludes halogenated alkanes) is 1. The van der Waals surface area contributed by atoms with E-state index in [0.29, 0.717) is 0 Å². The van der Waals surface area contributed by atoms with Crippen LogP contribution in [0.5, 0.6) is 0 Å². The molecule has 2 nitrogen and oxygen atoms in total. The number of hydrogen-bond acceptors (Lipinski definition) is 2. The van der Waals surface area contributed by atoms with Gasteiger partial charge in [0.15, 0.2) is 0 Å². The van der Waals surface area contributed by atoms with Crippen molar-refractivity contribution >= 4 is 0 Å². The van der Waals surface area contributed by atoms with Gasteiger partial charge in [0.05, 0.1) is 0 Å². The van der Waals surface area contributed by atoms with Crippen molar-refractivity contribution in [2.75, 3.05) is 41.3 Å². The molecule has 0 aliphatic heterocycles. The molecule has 0 aromatic heterocycles. The molecule has 0 amide bonds. The number of hydrogen-bond donors (Lipinski definition) is 0. The molecule has 0 atom stereocenters. The molecular weight excluding hydrogens is 148 g/mol. The molecule has 0 heterocycles. The first-order valence-electron chi connectivity index (χ1n) is 4.84. The Balaban J connectivity index is 0. The predicted molar refractivity (Wildman–Crippen MR) is 57.7 cm³/mol. The molecule has 0 saturated heterocycles. The second kappa shape index (κ2) is 10.9. The Labute approximate surface area is 78.5 Å². The summed E-state index contributed by atoms with van der Waals surface area (Å²) in [7, 11) is 8.16. The first-order valence-corrected chi connectivity index (χ1v) is 4.84. The lowest BCUT2D eigenvalue weighted by atomic mass is 10.3.